The molecule has 0 aromatic heterocycles. The van der Waals surface area contributed by atoms with Crippen molar-refractivity contribution in [3.8, 4) is 5.75 Å². The van der Waals surface area contributed by atoms with Gasteiger partial charge in [0.15, 0.2) is 0 Å². The lowest BCUT2D eigenvalue weighted by Gasteiger charge is -2.05. The van der Waals surface area contributed by atoms with E-state index in [1.54, 1.807) is 19.2 Å². The van der Waals surface area contributed by atoms with Crippen LogP contribution in [0.15, 0.2) is 18.2 Å². The molecule has 0 aliphatic rings. The molecule has 4 heteroatoms. The highest BCUT2D eigenvalue weighted by Gasteiger charge is 1.99. The first-order valence-corrected chi connectivity index (χ1v) is 3.68. The molecule has 0 spiro atoms. The number of ether oxygens (including phenoxy) is 1. The Morgan fingerprint density at radius 1 is 1.58 bits per heavy atom. The summed E-state index contributed by atoms with van der Waals surface area (Å²) in [6.07, 6.45) is 0. The van der Waals surface area contributed by atoms with E-state index in [0.29, 0.717) is 11.6 Å². The van der Waals surface area contributed by atoms with Crippen LogP contribution in [0.1, 0.15) is 6.99 Å². The summed E-state index contributed by atoms with van der Waals surface area (Å²) in [5.74, 6) is 0.789. The minimum atomic E-state index is 0. The second-order valence-corrected chi connectivity index (χ2v) is 2.60. The van der Waals surface area contributed by atoms with Crippen molar-refractivity contribution in [2.45, 2.75) is 6.54 Å². The van der Waals surface area contributed by atoms with Crippen molar-refractivity contribution in [1.82, 2.24) is 0 Å². The van der Waals surface area contributed by atoms with Crippen molar-refractivity contribution < 1.29 is 6.16 Å². The van der Waals surface area contributed by atoms with Gasteiger partial charge in [-0.05, 0) is 18.2 Å². The molecule has 0 amide bonds. The normalized spacial score (nSPS) is 8.92. The van der Waals surface area contributed by atoms with Crippen LogP contribution in [0.4, 0.5) is 0 Å². The Morgan fingerprint density at radius 2 is 2.25 bits per heavy atom. The fourth-order valence-electron chi connectivity index (χ4n) is 0.907. The summed E-state index contributed by atoms with van der Waals surface area (Å²) >= 11 is 5.74. The van der Waals surface area contributed by atoms with Gasteiger partial charge in [0, 0.05) is 18.6 Å². The van der Waals surface area contributed by atoms with Gasteiger partial charge in [-0.3, -0.25) is 0 Å². The summed E-state index contributed by atoms with van der Waals surface area (Å²) in [7, 11) is 1.61. The average Bonchev–Trinajstić information content (AvgIpc) is 2.04. The first-order valence-electron chi connectivity index (χ1n) is 3.30. The van der Waals surface area contributed by atoms with Gasteiger partial charge in [-0.2, -0.15) is 0 Å². The van der Waals surface area contributed by atoms with Crippen LogP contribution < -0.4 is 10.5 Å². The van der Waals surface area contributed by atoms with Gasteiger partial charge in [0.05, 0.1) is 7.11 Å². The number of hydrogen-bond donors (Lipinski definition) is 1. The summed E-state index contributed by atoms with van der Waals surface area (Å²) in [6, 6.07) is 5.39. The predicted molar refractivity (Wildman–Crippen MR) is 55.3 cm³/mol. The van der Waals surface area contributed by atoms with E-state index in [0.717, 1.165) is 11.3 Å². The molecule has 0 aliphatic carbocycles. The molecule has 0 heterocycles. The molecule has 2 nitrogen and oxygen atoms in total. The van der Waals surface area contributed by atoms with Gasteiger partial charge in [0.1, 0.15) is 5.75 Å². The zero-order valence-electron chi connectivity index (χ0n) is 6.71. The molecule has 0 radical (unpaired) electrons. The fourth-order valence-corrected chi connectivity index (χ4v) is 1.10. The maximum Gasteiger partial charge on any atom is 0.123 e. The molecular weight excluding hydrogens is 197 g/mol. The number of rotatable bonds is 2. The smallest absolute Gasteiger partial charge is 0.123 e. The van der Waals surface area contributed by atoms with E-state index >= 15 is 0 Å². The molecule has 1 aromatic rings. The van der Waals surface area contributed by atoms with Crippen LogP contribution in [-0.4, -0.2) is 7.11 Å². The standard InChI is InChI=1S/C8H10ClNO.ClH.H2/c1-11-8-3-2-7(9)4-6(8)5-10;;/h2-4H,5,10H2,1H3;2*1H. The van der Waals surface area contributed by atoms with Crippen molar-refractivity contribution in [2.24, 2.45) is 5.73 Å². The minimum absolute atomic E-state index is 0. The second kappa shape index (κ2) is 5.25. The lowest BCUT2D eigenvalue weighted by Crippen LogP contribution is -1.99. The van der Waals surface area contributed by atoms with Gasteiger partial charge in [0.25, 0.3) is 0 Å². The molecule has 0 aliphatic heterocycles. The fraction of sp³-hybridized carbons (Fsp3) is 0.250. The Labute approximate surface area is 84.6 Å². The van der Waals surface area contributed by atoms with Gasteiger partial charge in [-0.25, -0.2) is 0 Å². The van der Waals surface area contributed by atoms with Crippen molar-refractivity contribution in [2.75, 3.05) is 7.11 Å². The molecule has 0 fully saturated rings. The summed E-state index contributed by atoms with van der Waals surface area (Å²) in [4.78, 5) is 0. The summed E-state index contributed by atoms with van der Waals surface area (Å²) in [5, 5.41) is 0.686. The second-order valence-electron chi connectivity index (χ2n) is 2.16. The van der Waals surface area contributed by atoms with Crippen molar-refractivity contribution in [3.05, 3.63) is 28.8 Å². The first kappa shape index (κ1) is 11.6. The van der Waals surface area contributed by atoms with Crippen molar-refractivity contribution >= 4 is 24.0 Å². The highest BCUT2D eigenvalue weighted by Crippen LogP contribution is 2.21. The summed E-state index contributed by atoms with van der Waals surface area (Å²) in [6.45, 7) is 0.448. The van der Waals surface area contributed by atoms with Crippen molar-refractivity contribution in [1.29, 1.82) is 0 Å². The van der Waals surface area contributed by atoms with E-state index in [1.165, 1.54) is 0 Å². The van der Waals surface area contributed by atoms with Gasteiger partial charge >= 0.3 is 0 Å². The van der Waals surface area contributed by atoms with E-state index in [2.05, 4.69) is 0 Å². The molecule has 0 bridgehead atoms. The molecule has 0 saturated heterocycles. The quantitative estimate of drug-likeness (QED) is 0.813. The first-order chi connectivity index (χ1) is 5.27. The SMILES string of the molecule is COc1ccc(Cl)cc1CN.Cl.[HH]. The zero-order chi connectivity index (χ0) is 8.27. The summed E-state index contributed by atoms with van der Waals surface area (Å²) < 4.78 is 5.05. The molecule has 0 atom stereocenters. The number of nitrogens with two attached hydrogens (primary N) is 1. The van der Waals surface area contributed by atoms with Crippen LogP contribution in [0.5, 0.6) is 5.75 Å². The van der Waals surface area contributed by atoms with Crippen LogP contribution >= 0.6 is 24.0 Å². The molecular formula is C8H13Cl2NO. The molecule has 0 unspecified atom stereocenters. The van der Waals surface area contributed by atoms with Crippen LogP contribution in [0.3, 0.4) is 0 Å². The third-order valence-electron chi connectivity index (χ3n) is 1.46. The Hall–Kier alpha value is -0.440. The van der Waals surface area contributed by atoms with Crippen molar-refractivity contribution in [3.63, 3.8) is 0 Å². The Bertz CT molecular complexity index is 258. The average molecular weight is 210 g/mol. The third kappa shape index (κ3) is 2.55. The topological polar surface area (TPSA) is 35.2 Å². The Morgan fingerprint density at radius 3 is 2.75 bits per heavy atom. The van der Waals surface area contributed by atoms with E-state index in [-0.39, 0.29) is 13.8 Å². The predicted octanol–water partition coefficient (Wildman–Crippen LogP) is 2.48. The number of benzene rings is 1. The Balaban J connectivity index is 0. The van der Waals surface area contributed by atoms with Crippen LogP contribution in [0.2, 0.25) is 5.02 Å². The van der Waals surface area contributed by atoms with E-state index in [9.17, 15) is 0 Å². The van der Waals surface area contributed by atoms with Crippen LogP contribution in [-0.2, 0) is 6.54 Å². The number of hydrogen-bond acceptors (Lipinski definition) is 2. The van der Waals surface area contributed by atoms with E-state index < -0.39 is 0 Å². The highest BCUT2D eigenvalue weighted by molar-refractivity contribution is 6.30. The van der Waals surface area contributed by atoms with Crippen LogP contribution in [0.25, 0.3) is 0 Å². The van der Waals surface area contributed by atoms with E-state index in [4.69, 9.17) is 22.1 Å². The maximum absolute atomic E-state index is 5.74. The summed E-state index contributed by atoms with van der Waals surface area (Å²) in [5.41, 5.74) is 6.39. The van der Waals surface area contributed by atoms with Gasteiger partial charge < -0.3 is 10.5 Å². The molecule has 2 N–H and O–H groups in total. The Kier molecular flexibility index (Phi) is 5.06. The number of halogens is 2. The molecule has 1 rings (SSSR count). The van der Waals surface area contributed by atoms with Crippen LogP contribution in [0, 0.1) is 0 Å². The molecule has 12 heavy (non-hydrogen) atoms. The lowest BCUT2D eigenvalue weighted by molar-refractivity contribution is 0.410. The van der Waals surface area contributed by atoms with Gasteiger partial charge in [-0.15, -0.1) is 12.4 Å². The molecule has 70 valence electrons. The monoisotopic (exact) mass is 209 g/mol. The minimum Gasteiger partial charge on any atom is -0.496 e. The number of methoxy groups -OCH3 is 1. The van der Waals surface area contributed by atoms with Gasteiger partial charge in [-0.1, -0.05) is 11.6 Å². The maximum atomic E-state index is 5.74. The molecule has 0 saturated carbocycles. The molecule has 1 aromatic carbocycles. The van der Waals surface area contributed by atoms with Gasteiger partial charge in [0.2, 0.25) is 0 Å². The van der Waals surface area contributed by atoms with E-state index in [1.807, 2.05) is 6.07 Å². The highest BCUT2D eigenvalue weighted by atomic mass is 35.5. The zero-order valence-corrected chi connectivity index (χ0v) is 8.28. The lowest BCUT2D eigenvalue weighted by atomic mass is 10.2. The third-order valence-corrected chi connectivity index (χ3v) is 1.70. The largest absolute Gasteiger partial charge is 0.496 e.